The number of hydrogen-bond donors (Lipinski definition) is 1. The van der Waals surface area contributed by atoms with Crippen molar-refractivity contribution >= 4 is 0 Å². The number of rotatable bonds is 3. The highest BCUT2D eigenvalue weighted by Gasteiger charge is 2.16. The predicted octanol–water partition coefficient (Wildman–Crippen LogP) is 3.53. The summed E-state index contributed by atoms with van der Waals surface area (Å²) in [6.45, 7) is 3.63. The lowest BCUT2D eigenvalue weighted by molar-refractivity contribution is 0.214. The molecule has 0 aromatic heterocycles. The van der Waals surface area contributed by atoms with Gasteiger partial charge in [0.2, 0.25) is 0 Å². The zero-order valence-corrected chi connectivity index (χ0v) is 11.3. The molecule has 1 unspecified atom stereocenters. The van der Waals surface area contributed by atoms with Crippen LogP contribution >= 0.6 is 0 Å². The molecule has 0 fully saturated rings. The first kappa shape index (κ1) is 13.6. The van der Waals surface area contributed by atoms with Gasteiger partial charge in [-0.2, -0.15) is 0 Å². The standard InChI is InChI=1S/C16H17FO2/c1-10-4-7-15(19-3)13(8-10)16(18)12-5-6-14(17)11(2)9-12/h4-9,16,18H,1-3H3. The number of halogens is 1. The number of aliphatic hydroxyl groups excluding tert-OH is 1. The summed E-state index contributed by atoms with van der Waals surface area (Å²) < 4.78 is 18.5. The van der Waals surface area contributed by atoms with Gasteiger partial charge in [0.15, 0.2) is 0 Å². The lowest BCUT2D eigenvalue weighted by Gasteiger charge is -2.16. The maximum Gasteiger partial charge on any atom is 0.126 e. The Hall–Kier alpha value is -1.87. The van der Waals surface area contributed by atoms with E-state index in [1.165, 1.54) is 6.07 Å². The molecule has 0 radical (unpaired) electrons. The van der Waals surface area contributed by atoms with Crippen LogP contribution in [0.3, 0.4) is 0 Å². The zero-order valence-electron chi connectivity index (χ0n) is 11.3. The fourth-order valence-corrected chi connectivity index (χ4v) is 2.08. The highest BCUT2D eigenvalue weighted by atomic mass is 19.1. The van der Waals surface area contributed by atoms with E-state index in [0.29, 0.717) is 22.4 Å². The van der Waals surface area contributed by atoms with E-state index < -0.39 is 6.10 Å². The first-order chi connectivity index (χ1) is 9.02. The van der Waals surface area contributed by atoms with E-state index in [9.17, 15) is 9.50 Å². The average molecular weight is 260 g/mol. The van der Waals surface area contributed by atoms with Gasteiger partial charge >= 0.3 is 0 Å². The Labute approximate surface area is 112 Å². The summed E-state index contributed by atoms with van der Waals surface area (Å²) in [5, 5.41) is 10.4. The van der Waals surface area contributed by atoms with Gasteiger partial charge in [0.1, 0.15) is 17.7 Å². The molecule has 1 N–H and O–H groups in total. The molecule has 0 aliphatic carbocycles. The minimum atomic E-state index is -0.825. The van der Waals surface area contributed by atoms with Crippen LogP contribution in [0.1, 0.15) is 28.4 Å². The number of hydrogen-bond acceptors (Lipinski definition) is 2. The Bertz CT molecular complexity index is 593. The summed E-state index contributed by atoms with van der Waals surface area (Å²) in [7, 11) is 1.57. The van der Waals surface area contributed by atoms with E-state index in [0.717, 1.165) is 5.56 Å². The third-order valence-electron chi connectivity index (χ3n) is 3.18. The van der Waals surface area contributed by atoms with Crippen LogP contribution in [0.25, 0.3) is 0 Å². The van der Waals surface area contributed by atoms with E-state index in [1.54, 1.807) is 26.2 Å². The molecule has 0 amide bonds. The van der Waals surface area contributed by atoms with Crippen molar-refractivity contribution in [3.63, 3.8) is 0 Å². The van der Waals surface area contributed by atoms with Crippen LogP contribution in [0.15, 0.2) is 36.4 Å². The molecule has 0 spiro atoms. The van der Waals surface area contributed by atoms with Gasteiger partial charge in [0.25, 0.3) is 0 Å². The van der Waals surface area contributed by atoms with Crippen molar-refractivity contribution in [2.24, 2.45) is 0 Å². The normalized spacial score (nSPS) is 12.3. The topological polar surface area (TPSA) is 29.5 Å². The van der Waals surface area contributed by atoms with E-state index in [-0.39, 0.29) is 5.82 Å². The second kappa shape index (κ2) is 5.41. The molecular formula is C16H17FO2. The minimum absolute atomic E-state index is 0.271. The van der Waals surface area contributed by atoms with Crippen LogP contribution in [0.2, 0.25) is 0 Å². The molecule has 3 heteroatoms. The summed E-state index contributed by atoms with van der Waals surface area (Å²) in [5.74, 6) is 0.354. The second-order valence-electron chi connectivity index (χ2n) is 4.66. The Kier molecular flexibility index (Phi) is 3.86. The van der Waals surface area contributed by atoms with Gasteiger partial charge in [0.05, 0.1) is 7.11 Å². The Balaban J connectivity index is 2.45. The van der Waals surface area contributed by atoms with Crippen molar-refractivity contribution < 1.29 is 14.2 Å². The van der Waals surface area contributed by atoms with Crippen molar-refractivity contribution in [2.45, 2.75) is 20.0 Å². The van der Waals surface area contributed by atoms with E-state index >= 15 is 0 Å². The number of ether oxygens (including phenoxy) is 1. The maximum absolute atomic E-state index is 13.3. The number of aryl methyl sites for hydroxylation is 2. The van der Waals surface area contributed by atoms with Crippen LogP contribution < -0.4 is 4.74 Å². The number of benzene rings is 2. The van der Waals surface area contributed by atoms with Gasteiger partial charge in [-0.25, -0.2) is 4.39 Å². The van der Waals surface area contributed by atoms with Crippen molar-refractivity contribution in [3.05, 3.63) is 64.5 Å². The smallest absolute Gasteiger partial charge is 0.126 e. The third-order valence-corrected chi connectivity index (χ3v) is 3.18. The lowest BCUT2D eigenvalue weighted by Crippen LogP contribution is -2.03. The molecule has 0 aliphatic rings. The zero-order chi connectivity index (χ0) is 14.0. The fraction of sp³-hybridized carbons (Fsp3) is 0.250. The van der Waals surface area contributed by atoms with Crippen molar-refractivity contribution in [2.75, 3.05) is 7.11 Å². The first-order valence-corrected chi connectivity index (χ1v) is 6.11. The Morgan fingerprint density at radius 2 is 1.84 bits per heavy atom. The van der Waals surface area contributed by atoms with Crippen LogP contribution in [0.5, 0.6) is 5.75 Å². The molecule has 0 saturated heterocycles. The molecule has 2 aromatic rings. The number of aliphatic hydroxyl groups is 1. The molecule has 1 atom stereocenters. The summed E-state index contributed by atoms with van der Waals surface area (Å²) in [5.41, 5.74) is 2.90. The highest BCUT2D eigenvalue weighted by molar-refractivity contribution is 5.43. The molecule has 0 aliphatic heterocycles. The summed E-state index contributed by atoms with van der Waals surface area (Å²) >= 11 is 0. The molecular weight excluding hydrogens is 243 g/mol. The van der Waals surface area contributed by atoms with Crippen molar-refractivity contribution in [1.82, 2.24) is 0 Å². The van der Waals surface area contributed by atoms with Gasteiger partial charge < -0.3 is 9.84 Å². The fourth-order valence-electron chi connectivity index (χ4n) is 2.08. The first-order valence-electron chi connectivity index (χ1n) is 6.11. The largest absolute Gasteiger partial charge is 0.496 e. The van der Waals surface area contributed by atoms with Crippen LogP contribution in [0, 0.1) is 19.7 Å². The average Bonchev–Trinajstić information content (AvgIpc) is 2.41. The van der Waals surface area contributed by atoms with Crippen molar-refractivity contribution in [3.8, 4) is 5.75 Å². The third kappa shape index (κ3) is 2.76. The Morgan fingerprint density at radius 3 is 2.47 bits per heavy atom. The second-order valence-corrected chi connectivity index (χ2v) is 4.66. The van der Waals surface area contributed by atoms with E-state index in [2.05, 4.69) is 0 Å². The molecule has 0 heterocycles. The van der Waals surface area contributed by atoms with Gasteiger partial charge in [-0.3, -0.25) is 0 Å². The van der Waals surface area contributed by atoms with Gasteiger partial charge in [-0.05, 0) is 43.2 Å². The summed E-state index contributed by atoms with van der Waals surface area (Å²) in [4.78, 5) is 0. The maximum atomic E-state index is 13.3. The number of methoxy groups -OCH3 is 1. The van der Waals surface area contributed by atoms with Gasteiger partial charge in [-0.15, -0.1) is 0 Å². The Morgan fingerprint density at radius 1 is 1.11 bits per heavy atom. The quantitative estimate of drug-likeness (QED) is 0.914. The molecule has 2 aromatic carbocycles. The van der Waals surface area contributed by atoms with Crippen molar-refractivity contribution in [1.29, 1.82) is 0 Å². The molecule has 100 valence electrons. The van der Waals surface area contributed by atoms with Crippen LogP contribution in [-0.4, -0.2) is 12.2 Å². The predicted molar refractivity (Wildman–Crippen MR) is 72.9 cm³/mol. The van der Waals surface area contributed by atoms with Gasteiger partial charge in [0, 0.05) is 5.56 Å². The van der Waals surface area contributed by atoms with Gasteiger partial charge in [-0.1, -0.05) is 23.8 Å². The van der Waals surface area contributed by atoms with E-state index in [4.69, 9.17) is 4.74 Å². The van der Waals surface area contributed by atoms with Crippen LogP contribution in [-0.2, 0) is 0 Å². The van der Waals surface area contributed by atoms with E-state index in [1.807, 2.05) is 25.1 Å². The minimum Gasteiger partial charge on any atom is -0.496 e. The summed E-state index contributed by atoms with van der Waals surface area (Å²) in [6, 6.07) is 10.2. The monoisotopic (exact) mass is 260 g/mol. The molecule has 19 heavy (non-hydrogen) atoms. The SMILES string of the molecule is COc1ccc(C)cc1C(O)c1ccc(F)c(C)c1. The highest BCUT2D eigenvalue weighted by Crippen LogP contribution is 2.31. The lowest BCUT2D eigenvalue weighted by atomic mass is 9.97. The molecule has 0 bridgehead atoms. The molecule has 2 rings (SSSR count). The van der Waals surface area contributed by atoms with Crippen LogP contribution in [0.4, 0.5) is 4.39 Å². The molecule has 2 nitrogen and oxygen atoms in total. The summed E-state index contributed by atoms with van der Waals surface area (Å²) in [6.07, 6.45) is -0.825. The molecule has 0 saturated carbocycles.